The average molecular weight is 528 g/mol. The number of carbonyl (C=O) groups is 2. The number of benzene rings is 2. The van der Waals surface area contributed by atoms with Crippen molar-refractivity contribution in [3.8, 4) is 22.9 Å². The number of aromatic nitrogens is 1. The van der Waals surface area contributed by atoms with Crippen molar-refractivity contribution in [3.63, 3.8) is 0 Å². The predicted molar refractivity (Wildman–Crippen MR) is 144 cm³/mol. The summed E-state index contributed by atoms with van der Waals surface area (Å²) in [5.41, 5.74) is 4.35. The summed E-state index contributed by atoms with van der Waals surface area (Å²) >= 11 is 0. The molecule has 0 atom stereocenters. The Morgan fingerprint density at radius 1 is 1.10 bits per heavy atom. The van der Waals surface area contributed by atoms with Crippen LogP contribution in [0.3, 0.4) is 0 Å². The molecule has 0 aliphatic heterocycles. The van der Waals surface area contributed by atoms with Crippen molar-refractivity contribution in [1.29, 1.82) is 5.26 Å². The number of amides is 1. The molecule has 1 N–H and O–H groups in total. The van der Waals surface area contributed by atoms with Gasteiger partial charge in [-0.05, 0) is 74.4 Å². The van der Waals surface area contributed by atoms with E-state index in [1.54, 1.807) is 51.4 Å². The lowest BCUT2D eigenvalue weighted by Crippen LogP contribution is -2.32. The fourth-order valence-corrected chi connectivity index (χ4v) is 3.95. The van der Waals surface area contributed by atoms with E-state index in [0.717, 1.165) is 22.1 Å². The van der Waals surface area contributed by atoms with Crippen LogP contribution in [-0.4, -0.2) is 29.8 Å². The van der Waals surface area contributed by atoms with E-state index in [1.807, 2.05) is 30.3 Å². The number of hydrogen-bond acceptors (Lipinski definition) is 8. The maximum atomic E-state index is 12.1. The normalized spacial score (nSPS) is 11.1. The molecule has 2 aromatic carbocycles. The smallest absolute Gasteiger partial charge is 0.407 e. The topological polar surface area (TPSA) is 124 Å². The van der Waals surface area contributed by atoms with Gasteiger partial charge in [-0.2, -0.15) is 5.26 Å². The number of nitrogens with zero attached hydrogens (tertiary/aromatic N) is 2. The molecule has 0 aliphatic carbocycles. The Morgan fingerprint density at radius 2 is 1.92 bits per heavy atom. The van der Waals surface area contributed by atoms with E-state index in [0.29, 0.717) is 28.2 Å². The number of fused-ring (bicyclic) bond motifs is 1. The number of methoxy groups -OCH3 is 1. The van der Waals surface area contributed by atoms with Gasteiger partial charge in [0, 0.05) is 22.7 Å². The highest BCUT2D eigenvalue weighted by molar-refractivity contribution is 5.93. The quantitative estimate of drug-likeness (QED) is 0.290. The molecule has 9 nitrogen and oxygen atoms in total. The molecular formula is C30H29N3O6. The Hall–Kier alpha value is -4.84. The highest BCUT2D eigenvalue weighted by Crippen LogP contribution is 2.32. The van der Waals surface area contributed by atoms with Crippen LogP contribution in [0.15, 0.2) is 65.4 Å². The van der Waals surface area contributed by atoms with E-state index >= 15 is 0 Å². The van der Waals surface area contributed by atoms with Gasteiger partial charge in [-0.3, -0.25) is 9.78 Å². The molecule has 2 aromatic heterocycles. The van der Waals surface area contributed by atoms with Gasteiger partial charge < -0.3 is 23.9 Å². The molecule has 4 aromatic rings. The lowest BCUT2D eigenvalue weighted by molar-refractivity contribution is -0.139. The van der Waals surface area contributed by atoms with Crippen LogP contribution in [0, 0.1) is 11.3 Å². The second-order valence-corrected chi connectivity index (χ2v) is 9.85. The zero-order chi connectivity index (χ0) is 28.0. The zero-order valence-electron chi connectivity index (χ0n) is 22.2. The standard InChI is InChI=1S/C30H29N3O6/c1-30(2,3)39-29(35)33-17-24-14-21(7-9-32-24)25-12-20(11-23-8-10-37-28(23)25)18-38-26-13-19(16-31)5-6-22(26)15-27(34)36-4/h5-14H,15,17-18H2,1-4H3,(H,33,35). The van der Waals surface area contributed by atoms with Crippen molar-refractivity contribution in [2.24, 2.45) is 0 Å². The highest BCUT2D eigenvalue weighted by Gasteiger charge is 2.17. The molecule has 0 bridgehead atoms. The summed E-state index contributed by atoms with van der Waals surface area (Å²) in [6.07, 6.45) is 2.80. The fraction of sp³-hybridized carbons (Fsp3) is 0.267. The Labute approximate surface area is 226 Å². The number of hydrogen-bond donors (Lipinski definition) is 1. The number of furan rings is 1. The van der Waals surface area contributed by atoms with Crippen molar-refractivity contribution >= 4 is 23.0 Å². The van der Waals surface area contributed by atoms with Gasteiger partial charge in [-0.15, -0.1) is 0 Å². The van der Waals surface area contributed by atoms with Crippen LogP contribution in [0.1, 0.15) is 43.2 Å². The summed E-state index contributed by atoms with van der Waals surface area (Å²) in [5.74, 6) is 0.0361. The first kappa shape index (κ1) is 27.2. The molecule has 0 spiro atoms. The van der Waals surface area contributed by atoms with Crippen LogP contribution in [0.2, 0.25) is 0 Å². The third kappa shape index (κ3) is 7.14. The van der Waals surface area contributed by atoms with Crippen LogP contribution in [0.25, 0.3) is 22.1 Å². The van der Waals surface area contributed by atoms with Crippen molar-refractivity contribution in [1.82, 2.24) is 10.3 Å². The van der Waals surface area contributed by atoms with E-state index in [2.05, 4.69) is 16.4 Å². The molecule has 0 unspecified atom stereocenters. The molecule has 200 valence electrons. The van der Waals surface area contributed by atoms with E-state index in [9.17, 15) is 14.9 Å². The van der Waals surface area contributed by atoms with Gasteiger partial charge in [0.1, 0.15) is 23.5 Å². The van der Waals surface area contributed by atoms with Crippen LogP contribution in [-0.2, 0) is 33.8 Å². The molecule has 4 rings (SSSR count). The summed E-state index contributed by atoms with van der Waals surface area (Å²) < 4.78 is 22.0. The predicted octanol–water partition coefficient (Wildman–Crippen LogP) is 5.69. The Bertz CT molecular complexity index is 1540. The number of alkyl carbamates (subject to hydrolysis) is 1. The average Bonchev–Trinajstić information content (AvgIpc) is 3.38. The van der Waals surface area contributed by atoms with Gasteiger partial charge >= 0.3 is 12.1 Å². The zero-order valence-corrected chi connectivity index (χ0v) is 22.2. The van der Waals surface area contributed by atoms with Gasteiger partial charge in [-0.25, -0.2) is 4.79 Å². The molecule has 39 heavy (non-hydrogen) atoms. The maximum Gasteiger partial charge on any atom is 0.407 e. The maximum absolute atomic E-state index is 12.1. The summed E-state index contributed by atoms with van der Waals surface area (Å²) in [4.78, 5) is 28.3. The van der Waals surface area contributed by atoms with Crippen molar-refractivity contribution < 1.29 is 28.2 Å². The number of pyridine rings is 1. The third-order valence-electron chi connectivity index (χ3n) is 5.70. The van der Waals surface area contributed by atoms with E-state index in [4.69, 9.17) is 18.6 Å². The van der Waals surface area contributed by atoms with E-state index in [1.165, 1.54) is 7.11 Å². The molecule has 0 saturated carbocycles. The van der Waals surface area contributed by atoms with Crippen LogP contribution >= 0.6 is 0 Å². The minimum absolute atomic E-state index is 0.0285. The fourth-order valence-electron chi connectivity index (χ4n) is 3.95. The number of esters is 1. The molecule has 1 amide bonds. The molecule has 0 fully saturated rings. The number of rotatable bonds is 8. The van der Waals surface area contributed by atoms with Gasteiger partial charge in [0.05, 0.1) is 43.7 Å². The van der Waals surface area contributed by atoms with Gasteiger partial charge in [0.25, 0.3) is 0 Å². The first-order valence-electron chi connectivity index (χ1n) is 12.3. The van der Waals surface area contributed by atoms with Gasteiger partial charge in [-0.1, -0.05) is 6.07 Å². The Morgan fingerprint density at radius 3 is 2.67 bits per heavy atom. The van der Waals surface area contributed by atoms with Crippen LogP contribution in [0.4, 0.5) is 4.79 Å². The van der Waals surface area contributed by atoms with E-state index in [-0.39, 0.29) is 19.6 Å². The monoisotopic (exact) mass is 527 g/mol. The van der Waals surface area contributed by atoms with E-state index < -0.39 is 17.7 Å². The third-order valence-corrected chi connectivity index (χ3v) is 5.70. The minimum Gasteiger partial charge on any atom is -0.489 e. The summed E-state index contributed by atoms with van der Waals surface area (Å²) in [7, 11) is 1.33. The summed E-state index contributed by atoms with van der Waals surface area (Å²) in [6, 6.07) is 16.6. The molecule has 0 aliphatic rings. The molecule has 2 heterocycles. The van der Waals surface area contributed by atoms with Crippen molar-refractivity contribution in [2.45, 2.75) is 45.9 Å². The molecule has 0 saturated heterocycles. The second kappa shape index (κ2) is 11.7. The molecular weight excluding hydrogens is 498 g/mol. The number of ether oxygens (including phenoxy) is 3. The molecule has 0 radical (unpaired) electrons. The molecule has 9 heteroatoms. The lowest BCUT2D eigenvalue weighted by atomic mass is 10.0. The first-order chi connectivity index (χ1) is 18.6. The van der Waals surface area contributed by atoms with Crippen LogP contribution < -0.4 is 10.1 Å². The minimum atomic E-state index is -0.594. The summed E-state index contributed by atoms with van der Waals surface area (Å²) in [5, 5.41) is 12.9. The van der Waals surface area contributed by atoms with Crippen molar-refractivity contribution in [2.75, 3.05) is 7.11 Å². The SMILES string of the molecule is COC(=O)Cc1ccc(C#N)cc1OCc1cc(-c2ccnc(CNC(=O)OC(C)(C)C)c2)c2occc2c1. The number of nitriles is 1. The Kier molecular flexibility index (Phi) is 8.15. The van der Waals surface area contributed by atoms with Gasteiger partial charge in [0.2, 0.25) is 0 Å². The Balaban J connectivity index is 1.58. The van der Waals surface area contributed by atoms with Gasteiger partial charge in [0.15, 0.2) is 0 Å². The lowest BCUT2D eigenvalue weighted by Gasteiger charge is -2.19. The largest absolute Gasteiger partial charge is 0.489 e. The summed E-state index contributed by atoms with van der Waals surface area (Å²) in [6.45, 7) is 5.80. The van der Waals surface area contributed by atoms with Crippen LogP contribution in [0.5, 0.6) is 5.75 Å². The highest BCUT2D eigenvalue weighted by atomic mass is 16.6. The van der Waals surface area contributed by atoms with Crippen molar-refractivity contribution in [3.05, 3.63) is 83.4 Å². The second-order valence-electron chi connectivity index (χ2n) is 9.85. The number of carbonyl (C=O) groups excluding carboxylic acids is 2. The number of nitrogens with one attached hydrogen (secondary N) is 1. The first-order valence-corrected chi connectivity index (χ1v) is 12.3.